The van der Waals surface area contributed by atoms with Crippen LogP contribution in [0.1, 0.15) is 17.0 Å². The smallest absolute Gasteiger partial charge is 0.260 e. The minimum atomic E-state index is -0.498. The van der Waals surface area contributed by atoms with Crippen LogP contribution in [0.5, 0.6) is 0 Å². The minimum absolute atomic E-state index is 0.239. The molecule has 0 bridgehead atoms. The van der Waals surface area contributed by atoms with Crippen LogP contribution in [0.4, 0.5) is 0 Å². The van der Waals surface area contributed by atoms with Crippen molar-refractivity contribution in [3.05, 3.63) is 98.8 Å². The number of ether oxygens (including phenoxy) is 1. The first-order valence-corrected chi connectivity index (χ1v) is 11.3. The second kappa shape index (κ2) is 9.79. The van der Waals surface area contributed by atoms with E-state index in [9.17, 15) is 4.79 Å². The fourth-order valence-corrected chi connectivity index (χ4v) is 5.38. The van der Waals surface area contributed by atoms with E-state index < -0.39 is 5.92 Å². The molecular formula is C24H20Cl2N2O2S. The Morgan fingerprint density at radius 3 is 2.23 bits per heavy atom. The Hall–Kier alpha value is -2.44. The van der Waals surface area contributed by atoms with Gasteiger partial charge in [0.1, 0.15) is 0 Å². The number of thiazole rings is 1. The Bertz CT molecular complexity index is 1230. The molecule has 0 fully saturated rings. The Labute approximate surface area is 194 Å². The normalized spacial score (nSPS) is 12.1. The highest BCUT2D eigenvalue weighted by Crippen LogP contribution is 2.30. The van der Waals surface area contributed by atoms with Crippen LogP contribution in [-0.4, -0.2) is 24.2 Å². The van der Waals surface area contributed by atoms with E-state index in [1.54, 1.807) is 13.2 Å². The maximum Gasteiger partial charge on any atom is 0.260 e. The Balaban J connectivity index is 1.87. The molecule has 0 atom stereocenters. The molecule has 4 nitrogen and oxygen atoms in total. The molecule has 0 unspecified atom stereocenters. The van der Waals surface area contributed by atoms with Crippen LogP contribution in [0.25, 0.3) is 10.2 Å². The summed E-state index contributed by atoms with van der Waals surface area (Å²) in [4.78, 5) is 18.6. The standard InChI is InChI=1S/C24H20Cl2N2O2S/c1-30-13-12-28-22-19(26)14-18(25)15-20(22)31-24(28)27-23(29)21(16-8-4-2-5-9-16)17-10-6-3-7-11-17/h2-11,14-15,21H,12-13H2,1H3. The zero-order valence-corrected chi connectivity index (χ0v) is 19.1. The van der Waals surface area contributed by atoms with Gasteiger partial charge in [-0.1, -0.05) is 95.2 Å². The molecule has 0 radical (unpaired) electrons. The summed E-state index contributed by atoms with van der Waals surface area (Å²) >= 11 is 14.1. The molecule has 1 heterocycles. The van der Waals surface area contributed by atoms with Crippen molar-refractivity contribution in [3.63, 3.8) is 0 Å². The highest BCUT2D eigenvalue weighted by atomic mass is 35.5. The largest absolute Gasteiger partial charge is 0.383 e. The number of benzene rings is 3. The molecule has 0 saturated heterocycles. The van der Waals surface area contributed by atoms with Gasteiger partial charge in [-0.3, -0.25) is 4.79 Å². The summed E-state index contributed by atoms with van der Waals surface area (Å²) in [6, 6.07) is 22.9. The van der Waals surface area contributed by atoms with Crippen LogP contribution in [0.15, 0.2) is 77.8 Å². The SMILES string of the molecule is COCCn1c(=NC(=O)C(c2ccccc2)c2ccccc2)sc2cc(Cl)cc(Cl)c21. The number of fused-ring (bicyclic) bond motifs is 1. The zero-order valence-electron chi connectivity index (χ0n) is 16.8. The zero-order chi connectivity index (χ0) is 21.8. The third kappa shape index (κ3) is 4.75. The van der Waals surface area contributed by atoms with Gasteiger partial charge in [0.05, 0.1) is 27.8 Å². The molecule has 0 aliphatic rings. The van der Waals surface area contributed by atoms with Crippen LogP contribution in [0.3, 0.4) is 0 Å². The van der Waals surface area contributed by atoms with Gasteiger partial charge in [0.15, 0.2) is 4.80 Å². The Morgan fingerprint density at radius 1 is 1.03 bits per heavy atom. The quantitative estimate of drug-likeness (QED) is 0.351. The van der Waals surface area contributed by atoms with Crippen molar-refractivity contribution in [1.82, 2.24) is 4.57 Å². The minimum Gasteiger partial charge on any atom is -0.383 e. The monoisotopic (exact) mass is 470 g/mol. The number of nitrogens with zero attached hydrogens (tertiary/aromatic N) is 2. The van der Waals surface area contributed by atoms with Gasteiger partial charge in [-0.05, 0) is 23.3 Å². The number of methoxy groups -OCH3 is 1. The maximum absolute atomic E-state index is 13.5. The molecular weight excluding hydrogens is 451 g/mol. The molecule has 4 rings (SSSR count). The van der Waals surface area contributed by atoms with Crippen molar-refractivity contribution < 1.29 is 9.53 Å². The molecule has 0 aliphatic carbocycles. The van der Waals surface area contributed by atoms with Gasteiger partial charge in [0.2, 0.25) is 0 Å². The molecule has 0 saturated carbocycles. The first-order valence-electron chi connectivity index (χ1n) is 9.74. The first-order chi connectivity index (χ1) is 15.1. The summed E-state index contributed by atoms with van der Waals surface area (Å²) in [6.07, 6.45) is 0. The number of rotatable bonds is 6. The molecule has 158 valence electrons. The Morgan fingerprint density at radius 2 is 1.65 bits per heavy atom. The van der Waals surface area contributed by atoms with Crippen molar-refractivity contribution in [3.8, 4) is 0 Å². The molecule has 1 aromatic heterocycles. The van der Waals surface area contributed by atoms with Gasteiger partial charge < -0.3 is 9.30 Å². The molecule has 7 heteroatoms. The van der Waals surface area contributed by atoms with Gasteiger partial charge in [0.25, 0.3) is 5.91 Å². The number of amides is 1. The topological polar surface area (TPSA) is 43.6 Å². The fraction of sp³-hybridized carbons (Fsp3) is 0.167. The van der Waals surface area contributed by atoms with E-state index in [0.717, 1.165) is 21.3 Å². The van der Waals surface area contributed by atoms with E-state index >= 15 is 0 Å². The number of aromatic nitrogens is 1. The highest BCUT2D eigenvalue weighted by molar-refractivity contribution is 7.16. The van der Waals surface area contributed by atoms with E-state index in [2.05, 4.69) is 4.99 Å². The predicted molar refractivity (Wildman–Crippen MR) is 127 cm³/mol. The van der Waals surface area contributed by atoms with Crippen LogP contribution in [0.2, 0.25) is 10.0 Å². The molecule has 0 aliphatic heterocycles. The summed E-state index contributed by atoms with van der Waals surface area (Å²) in [5, 5.41) is 1.06. The van der Waals surface area contributed by atoms with Crippen LogP contribution < -0.4 is 4.80 Å². The van der Waals surface area contributed by atoms with E-state index in [1.165, 1.54) is 11.3 Å². The summed E-state index contributed by atoms with van der Waals surface area (Å²) < 4.78 is 8.06. The van der Waals surface area contributed by atoms with Gasteiger partial charge in [-0.15, -0.1) is 0 Å². The first kappa shape index (κ1) is 21.8. The van der Waals surface area contributed by atoms with Crippen LogP contribution in [0, 0.1) is 0 Å². The van der Waals surface area contributed by atoms with Crippen molar-refractivity contribution >= 4 is 50.7 Å². The van der Waals surface area contributed by atoms with Crippen LogP contribution in [-0.2, 0) is 16.1 Å². The van der Waals surface area contributed by atoms with Crippen molar-refractivity contribution in [2.24, 2.45) is 4.99 Å². The van der Waals surface area contributed by atoms with Crippen molar-refractivity contribution in [2.45, 2.75) is 12.5 Å². The lowest BCUT2D eigenvalue weighted by Crippen LogP contribution is -2.22. The fourth-order valence-electron chi connectivity index (χ4n) is 3.53. The average Bonchev–Trinajstić information content (AvgIpc) is 3.10. The summed E-state index contributed by atoms with van der Waals surface area (Å²) in [6.45, 7) is 0.984. The summed E-state index contributed by atoms with van der Waals surface area (Å²) in [5.74, 6) is -0.736. The van der Waals surface area contributed by atoms with Gasteiger partial charge in [-0.25, -0.2) is 0 Å². The third-order valence-electron chi connectivity index (χ3n) is 4.93. The molecule has 1 amide bonds. The average molecular weight is 471 g/mol. The molecule has 3 aromatic carbocycles. The van der Waals surface area contributed by atoms with E-state index in [1.807, 2.05) is 71.3 Å². The predicted octanol–water partition coefficient (Wildman–Crippen LogP) is 5.92. The van der Waals surface area contributed by atoms with E-state index in [-0.39, 0.29) is 5.91 Å². The summed E-state index contributed by atoms with van der Waals surface area (Å²) in [7, 11) is 1.64. The number of carbonyl (C=O) groups is 1. The lowest BCUT2D eigenvalue weighted by Gasteiger charge is -2.14. The molecule has 0 spiro atoms. The molecule has 0 N–H and O–H groups in total. The van der Waals surface area contributed by atoms with Gasteiger partial charge in [0, 0.05) is 18.7 Å². The molecule has 4 aromatic rings. The number of hydrogen-bond donors (Lipinski definition) is 0. The third-order valence-corrected chi connectivity index (χ3v) is 6.46. The lowest BCUT2D eigenvalue weighted by atomic mass is 9.91. The van der Waals surface area contributed by atoms with Crippen molar-refractivity contribution in [2.75, 3.05) is 13.7 Å². The number of carbonyl (C=O) groups excluding carboxylic acids is 1. The van der Waals surface area contributed by atoms with Crippen LogP contribution >= 0.6 is 34.5 Å². The van der Waals surface area contributed by atoms with Gasteiger partial charge >= 0.3 is 0 Å². The number of halogens is 2. The lowest BCUT2D eigenvalue weighted by molar-refractivity contribution is -0.118. The number of hydrogen-bond acceptors (Lipinski definition) is 3. The van der Waals surface area contributed by atoms with Gasteiger partial charge in [-0.2, -0.15) is 4.99 Å². The second-order valence-electron chi connectivity index (χ2n) is 6.97. The van der Waals surface area contributed by atoms with E-state index in [4.69, 9.17) is 27.9 Å². The summed E-state index contributed by atoms with van der Waals surface area (Å²) in [5.41, 5.74) is 2.59. The van der Waals surface area contributed by atoms with E-state index in [0.29, 0.717) is 28.0 Å². The highest BCUT2D eigenvalue weighted by Gasteiger charge is 2.23. The van der Waals surface area contributed by atoms with Crippen molar-refractivity contribution in [1.29, 1.82) is 0 Å². The second-order valence-corrected chi connectivity index (χ2v) is 8.82. The molecule has 31 heavy (non-hydrogen) atoms. The Kier molecular flexibility index (Phi) is 6.88. The maximum atomic E-state index is 13.5.